The fourth-order valence-corrected chi connectivity index (χ4v) is 2.87. The summed E-state index contributed by atoms with van der Waals surface area (Å²) in [4.78, 5) is 13.8. The summed E-state index contributed by atoms with van der Waals surface area (Å²) in [5, 5.41) is 10.3. The van der Waals surface area contributed by atoms with Crippen molar-refractivity contribution in [2.24, 2.45) is 5.10 Å². The van der Waals surface area contributed by atoms with Crippen LogP contribution >= 0.6 is 11.6 Å². The third kappa shape index (κ3) is 3.76. The first-order chi connectivity index (χ1) is 11.6. The quantitative estimate of drug-likeness (QED) is 0.659. The summed E-state index contributed by atoms with van der Waals surface area (Å²) in [6.45, 7) is 4.15. The number of benzene rings is 1. The van der Waals surface area contributed by atoms with Crippen LogP contribution in [0.1, 0.15) is 31.7 Å². The minimum atomic E-state index is -0.444. The summed E-state index contributed by atoms with van der Waals surface area (Å²) in [6.07, 6.45) is 5.28. The van der Waals surface area contributed by atoms with E-state index >= 15 is 0 Å². The molecule has 126 valence electrons. The van der Waals surface area contributed by atoms with Crippen LogP contribution in [-0.2, 0) is 0 Å². The van der Waals surface area contributed by atoms with Crippen LogP contribution < -0.4 is 15.9 Å². The summed E-state index contributed by atoms with van der Waals surface area (Å²) in [6, 6.07) is 8.37. The molecule has 24 heavy (non-hydrogen) atoms. The molecule has 7 heteroatoms. The molecule has 0 saturated carbocycles. The van der Waals surface area contributed by atoms with E-state index in [9.17, 15) is 4.79 Å². The number of halogens is 1. The molecule has 0 unspecified atom stereocenters. The van der Waals surface area contributed by atoms with Crippen LogP contribution in [0.15, 0.2) is 40.4 Å². The second-order valence-electron chi connectivity index (χ2n) is 5.83. The maximum atomic E-state index is 11.4. The lowest BCUT2D eigenvalue weighted by Gasteiger charge is -2.28. The Morgan fingerprint density at radius 1 is 1.25 bits per heavy atom. The van der Waals surface area contributed by atoms with E-state index in [0.29, 0.717) is 5.69 Å². The molecule has 6 nitrogen and oxygen atoms in total. The first-order valence-corrected chi connectivity index (χ1v) is 8.42. The highest BCUT2D eigenvalue weighted by Crippen LogP contribution is 2.20. The van der Waals surface area contributed by atoms with Gasteiger partial charge in [-0.1, -0.05) is 23.7 Å². The van der Waals surface area contributed by atoms with Crippen molar-refractivity contribution in [2.45, 2.75) is 26.2 Å². The normalized spacial score (nSPS) is 15.4. The predicted molar refractivity (Wildman–Crippen MR) is 98.2 cm³/mol. The van der Waals surface area contributed by atoms with Crippen molar-refractivity contribution >= 4 is 28.7 Å². The van der Waals surface area contributed by atoms with Crippen molar-refractivity contribution in [3.05, 3.63) is 51.4 Å². The number of aromatic nitrogens is 2. The molecule has 0 bridgehead atoms. The Labute approximate surface area is 145 Å². The lowest BCUT2D eigenvalue weighted by atomic mass is 10.1. The predicted octanol–water partition coefficient (Wildman–Crippen LogP) is 3.25. The van der Waals surface area contributed by atoms with Gasteiger partial charge in [0.2, 0.25) is 0 Å². The van der Waals surface area contributed by atoms with Gasteiger partial charge in [-0.2, -0.15) is 10.2 Å². The van der Waals surface area contributed by atoms with Gasteiger partial charge in [-0.25, -0.2) is 5.10 Å². The van der Waals surface area contributed by atoms with Crippen LogP contribution in [0.3, 0.4) is 0 Å². The summed E-state index contributed by atoms with van der Waals surface area (Å²) >= 11 is 5.91. The topological polar surface area (TPSA) is 73.4 Å². The standard InChI is InChI=1S/C17H20ClN5O/c1-12(20-21-15-11-19-22-17(24)16(15)18)13-5-7-14(8-6-13)23-9-3-2-4-10-23/h5-8,11H,2-4,9-10H2,1H3,(H2,21,22,24)/b20-12-. The molecule has 3 rings (SSSR count). The third-order valence-electron chi connectivity index (χ3n) is 4.15. The first kappa shape index (κ1) is 16.5. The van der Waals surface area contributed by atoms with Gasteiger partial charge < -0.3 is 4.90 Å². The average Bonchev–Trinajstić information content (AvgIpc) is 2.63. The van der Waals surface area contributed by atoms with Gasteiger partial charge in [-0.05, 0) is 43.9 Å². The van der Waals surface area contributed by atoms with E-state index in [1.807, 2.05) is 6.92 Å². The van der Waals surface area contributed by atoms with Crippen molar-refractivity contribution in [2.75, 3.05) is 23.4 Å². The first-order valence-electron chi connectivity index (χ1n) is 8.04. The number of anilines is 2. The van der Waals surface area contributed by atoms with E-state index in [-0.39, 0.29) is 5.02 Å². The van der Waals surface area contributed by atoms with Crippen LogP contribution in [0.2, 0.25) is 5.02 Å². The number of nitrogens with one attached hydrogen (secondary N) is 2. The van der Waals surface area contributed by atoms with Gasteiger partial charge in [0.25, 0.3) is 5.56 Å². The zero-order valence-corrected chi connectivity index (χ0v) is 14.3. The van der Waals surface area contributed by atoms with Gasteiger partial charge in [-0.15, -0.1) is 0 Å². The zero-order chi connectivity index (χ0) is 16.9. The summed E-state index contributed by atoms with van der Waals surface area (Å²) < 4.78 is 0. The summed E-state index contributed by atoms with van der Waals surface area (Å²) in [5.74, 6) is 0. The van der Waals surface area contributed by atoms with Crippen molar-refractivity contribution in [1.82, 2.24) is 10.2 Å². The molecule has 1 aliphatic heterocycles. The molecule has 0 aliphatic carbocycles. The molecule has 2 N–H and O–H groups in total. The SMILES string of the molecule is C/C(=N/Nc1cn[nH]c(=O)c1Cl)c1ccc(N2CCCCC2)cc1. The van der Waals surface area contributed by atoms with Crippen molar-refractivity contribution in [3.63, 3.8) is 0 Å². The van der Waals surface area contributed by atoms with E-state index in [2.05, 4.69) is 49.9 Å². The Morgan fingerprint density at radius 3 is 2.67 bits per heavy atom. The smallest absolute Gasteiger partial charge is 0.285 e. The molecule has 2 heterocycles. The molecule has 0 amide bonds. The highest BCUT2D eigenvalue weighted by Gasteiger charge is 2.11. The number of nitrogens with zero attached hydrogens (tertiary/aromatic N) is 3. The van der Waals surface area contributed by atoms with E-state index in [0.717, 1.165) is 24.4 Å². The summed E-state index contributed by atoms with van der Waals surface area (Å²) in [5.41, 5.74) is 5.79. The highest BCUT2D eigenvalue weighted by molar-refractivity contribution is 6.32. The van der Waals surface area contributed by atoms with E-state index in [4.69, 9.17) is 11.6 Å². The van der Waals surface area contributed by atoms with Crippen molar-refractivity contribution < 1.29 is 0 Å². The van der Waals surface area contributed by atoms with Gasteiger partial charge >= 0.3 is 0 Å². The second-order valence-corrected chi connectivity index (χ2v) is 6.21. The highest BCUT2D eigenvalue weighted by atomic mass is 35.5. The fraction of sp³-hybridized carbons (Fsp3) is 0.353. The van der Waals surface area contributed by atoms with Crippen molar-refractivity contribution in [1.29, 1.82) is 0 Å². The van der Waals surface area contributed by atoms with Gasteiger partial charge in [0, 0.05) is 18.8 Å². The van der Waals surface area contributed by atoms with Gasteiger partial charge in [0.1, 0.15) is 10.7 Å². The minimum absolute atomic E-state index is 0.0435. The molecule has 1 aliphatic rings. The van der Waals surface area contributed by atoms with E-state index in [1.165, 1.54) is 31.1 Å². The van der Waals surface area contributed by atoms with Crippen LogP contribution in [0.25, 0.3) is 0 Å². The van der Waals surface area contributed by atoms with Gasteiger partial charge in [-0.3, -0.25) is 10.2 Å². The molecular formula is C17H20ClN5O. The Kier molecular flexibility index (Phi) is 5.15. The summed E-state index contributed by atoms with van der Waals surface area (Å²) in [7, 11) is 0. The molecule has 1 saturated heterocycles. The monoisotopic (exact) mass is 345 g/mol. The Bertz CT molecular complexity index is 778. The lowest BCUT2D eigenvalue weighted by molar-refractivity contribution is 0.578. The second kappa shape index (κ2) is 7.49. The molecular weight excluding hydrogens is 326 g/mol. The zero-order valence-electron chi connectivity index (χ0n) is 13.6. The van der Waals surface area contributed by atoms with Crippen molar-refractivity contribution in [3.8, 4) is 0 Å². The molecule has 2 aromatic rings. The molecule has 0 atom stereocenters. The molecule has 1 aromatic carbocycles. The maximum absolute atomic E-state index is 11.4. The number of H-pyrrole nitrogens is 1. The number of piperidine rings is 1. The van der Waals surface area contributed by atoms with E-state index < -0.39 is 5.56 Å². The number of rotatable bonds is 4. The molecule has 1 aromatic heterocycles. The number of hydrogen-bond donors (Lipinski definition) is 2. The van der Waals surface area contributed by atoms with Crippen LogP contribution in [-0.4, -0.2) is 29.0 Å². The van der Waals surface area contributed by atoms with E-state index in [1.54, 1.807) is 0 Å². The van der Waals surface area contributed by atoms with Crippen LogP contribution in [0.5, 0.6) is 0 Å². The molecule has 0 spiro atoms. The third-order valence-corrected chi connectivity index (χ3v) is 4.52. The number of hydrazone groups is 1. The number of aromatic amines is 1. The fourth-order valence-electron chi connectivity index (χ4n) is 2.74. The minimum Gasteiger partial charge on any atom is -0.372 e. The van der Waals surface area contributed by atoms with Gasteiger partial charge in [0.15, 0.2) is 0 Å². The van der Waals surface area contributed by atoms with Gasteiger partial charge in [0.05, 0.1) is 11.9 Å². The Morgan fingerprint density at radius 2 is 1.96 bits per heavy atom. The number of hydrogen-bond acceptors (Lipinski definition) is 5. The lowest BCUT2D eigenvalue weighted by Crippen LogP contribution is -2.29. The maximum Gasteiger partial charge on any atom is 0.285 e. The Balaban J connectivity index is 1.71. The van der Waals surface area contributed by atoms with Crippen LogP contribution in [0, 0.1) is 0 Å². The van der Waals surface area contributed by atoms with Crippen LogP contribution in [0.4, 0.5) is 11.4 Å². The molecule has 0 radical (unpaired) electrons. The average molecular weight is 346 g/mol. The molecule has 1 fully saturated rings. The Hall–Kier alpha value is -2.34. The largest absolute Gasteiger partial charge is 0.372 e.